The molecule has 0 amide bonds. The van der Waals surface area contributed by atoms with Gasteiger partial charge in [0.2, 0.25) is 0 Å². The summed E-state index contributed by atoms with van der Waals surface area (Å²) >= 11 is 1.98. The average molecular weight is 478 g/mol. The van der Waals surface area contributed by atoms with Crippen LogP contribution in [0.15, 0.2) is 12.5 Å². The molecule has 1 saturated carbocycles. The van der Waals surface area contributed by atoms with Crippen LogP contribution in [-0.4, -0.2) is 44.9 Å². The van der Waals surface area contributed by atoms with E-state index >= 15 is 0 Å². The molecular weight excluding hydrogens is 442 g/mol. The molecule has 1 saturated heterocycles. The number of hydrogen-bond acceptors (Lipinski definition) is 5. The number of rotatable bonds is 3. The summed E-state index contributed by atoms with van der Waals surface area (Å²) in [6.07, 6.45) is 8.54. The fourth-order valence-electron chi connectivity index (χ4n) is 6.32. The number of hydrogen-bond donors (Lipinski definition) is 2. The Kier molecular flexibility index (Phi) is 5.35. The van der Waals surface area contributed by atoms with Crippen molar-refractivity contribution in [1.82, 2.24) is 24.9 Å². The van der Waals surface area contributed by atoms with Gasteiger partial charge in [-0.2, -0.15) is 5.10 Å². The highest BCUT2D eigenvalue weighted by atomic mass is 32.1. The molecule has 2 fully saturated rings. The molecule has 0 atom stereocenters. The van der Waals surface area contributed by atoms with Crippen molar-refractivity contribution in [2.45, 2.75) is 77.7 Å². The predicted octanol–water partition coefficient (Wildman–Crippen LogP) is 6.00. The third-order valence-electron chi connectivity index (χ3n) is 8.34. The Labute approximate surface area is 205 Å². The lowest BCUT2D eigenvalue weighted by Gasteiger charge is -2.42. The molecule has 6 nitrogen and oxygen atoms in total. The van der Waals surface area contributed by atoms with Crippen molar-refractivity contribution < 1.29 is 4.74 Å². The van der Waals surface area contributed by atoms with Gasteiger partial charge in [-0.25, -0.2) is 9.50 Å². The van der Waals surface area contributed by atoms with Crippen LogP contribution in [0.3, 0.4) is 0 Å². The number of aromatic amines is 1. The Hall–Kier alpha value is -2.22. The Morgan fingerprint density at radius 1 is 1.15 bits per heavy atom. The molecule has 34 heavy (non-hydrogen) atoms. The SMILES string of the molecule is Cc1c(-c2[nH]c3sc([C@H]4CC[C@]5(CC4)CNCCO5)c(C)c3c2C(C)C)cn2ncnc2c1C. The first-order valence-electron chi connectivity index (χ1n) is 12.7. The van der Waals surface area contributed by atoms with E-state index in [-0.39, 0.29) is 5.60 Å². The molecule has 5 heterocycles. The van der Waals surface area contributed by atoms with Crippen molar-refractivity contribution in [1.29, 1.82) is 0 Å². The zero-order chi connectivity index (χ0) is 23.6. The van der Waals surface area contributed by atoms with Crippen LogP contribution in [-0.2, 0) is 4.74 Å². The number of pyridine rings is 1. The standard InChI is InChI=1S/C27H35N5OS/c1-15(2)21-22-18(5)24(19-6-8-27(9-7-19)13-28-10-11-33-27)34-26(22)31-23(21)20-12-32-25(29-14-30-32)17(4)16(20)3/h12,14-15,19,28,31H,6-11,13H2,1-5H3/t19-,27-. The van der Waals surface area contributed by atoms with E-state index in [2.05, 4.69) is 61.2 Å². The van der Waals surface area contributed by atoms with E-state index in [9.17, 15) is 0 Å². The number of aryl methyl sites for hydroxylation is 2. The molecule has 0 aromatic carbocycles. The summed E-state index contributed by atoms with van der Waals surface area (Å²) in [5.41, 5.74) is 8.86. The number of fused-ring (bicyclic) bond motifs is 2. The van der Waals surface area contributed by atoms with Crippen LogP contribution < -0.4 is 5.32 Å². The quantitative estimate of drug-likeness (QED) is 0.380. The average Bonchev–Trinajstić information content (AvgIpc) is 3.52. The molecule has 0 bridgehead atoms. The zero-order valence-corrected chi connectivity index (χ0v) is 21.7. The van der Waals surface area contributed by atoms with Crippen LogP contribution in [0.1, 0.15) is 78.5 Å². The predicted molar refractivity (Wildman–Crippen MR) is 139 cm³/mol. The van der Waals surface area contributed by atoms with Crippen LogP contribution in [0.4, 0.5) is 0 Å². The van der Waals surface area contributed by atoms with Crippen molar-refractivity contribution in [3.63, 3.8) is 0 Å². The first-order valence-corrected chi connectivity index (χ1v) is 13.5. The van der Waals surface area contributed by atoms with Crippen molar-refractivity contribution in [3.8, 4) is 11.3 Å². The third-order valence-corrected chi connectivity index (χ3v) is 9.71. The van der Waals surface area contributed by atoms with Crippen molar-refractivity contribution in [2.24, 2.45) is 0 Å². The van der Waals surface area contributed by atoms with E-state index in [1.54, 1.807) is 11.2 Å². The summed E-state index contributed by atoms with van der Waals surface area (Å²) in [6, 6.07) is 0. The van der Waals surface area contributed by atoms with Gasteiger partial charge in [0.1, 0.15) is 11.2 Å². The van der Waals surface area contributed by atoms with Gasteiger partial charge >= 0.3 is 0 Å². The summed E-state index contributed by atoms with van der Waals surface area (Å²) in [4.78, 5) is 11.2. The van der Waals surface area contributed by atoms with Gasteiger partial charge in [0, 0.05) is 35.1 Å². The topological polar surface area (TPSA) is 67.2 Å². The van der Waals surface area contributed by atoms with Gasteiger partial charge in [-0.1, -0.05) is 13.8 Å². The molecule has 0 unspecified atom stereocenters. The highest BCUT2D eigenvalue weighted by molar-refractivity contribution is 7.19. The molecule has 4 aromatic heterocycles. The van der Waals surface area contributed by atoms with Crippen LogP contribution in [0, 0.1) is 20.8 Å². The summed E-state index contributed by atoms with van der Waals surface area (Å²) in [7, 11) is 0. The molecule has 1 aliphatic carbocycles. The molecule has 180 valence electrons. The molecule has 6 rings (SSSR count). The minimum Gasteiger partial charge on any atom is -0.372 e. The Bertz CT molecular complexity index is 1360. The number of ether oxygens (including phenoxy) is 1. The number of morpholine rings is 1. The van der Waals surface area contributed by atoms with Crippen molar-refractivity contribution in [2.75, 3.05) is 19.7 Å². The lowest BCUT2D eigenvalue weighted by atomic mass is 9.77. The highest BCUT2D eigenvalue weighted by Crippen LogP contribution is 2.49. The first-order chi connectivity index (χ1) is 16.4. The van der Waals surface area contributed by atoms with E-state index in [0.717, 1.165) is 38.2 Å². The van der Waals surface area contributed by atoms with Crippen molar-refractivity contribution >= 4 is 27.2 Å². The monoisotopic (exact) mass is 477 g/mol. The second kappa shape index (κ2) is 8.18. The van der Waals surface area contributed by atoms with Crippen LogP contribution in [0.5, 0.6) is 0 Å². The Morgan fingerprint density at radius 2 is 1.94 bits per heavy atom. The van der Waals surface area contributed by atoms with E-state index in [1.165, 1.54) is 56.6 Å². The van der Waals surface area contributed by atoms with Gasteiger partial charge < -0.3 is 15.0 Å². The van der Waals surface area contributed by atoms with Crippen molar-refractivity contribution in [3.05, 3.63) is 39.7 Å². The molecule has 1 aliphatic heterocycles. The van der Waals surface area contributed by atoms with Gasteiger partial charge in [0.05, 0.1) is 17.9 Å². The molecule has 2 N–H and O–H groups in total. The highest BCUT2D eigenvalue weighted by Gasteiger charge is 2.39. The van der Waals surface area contributed by atoms with E-state index < -0.39 is 0 Å². The second-order valence-electron chi connectivity index (χ2n) is 10.7. The first kappa shape index (κ1) is 22.3. The Balaban J connectivity index is 1.41. The van der Waals surface area contributed by atoms with Crippen LogP contribution in [0.2, 0.25) is 0 Å². The summed E-state index contributed by atoms with van der Waals surface area (Å²) in [5, 5.41) is 9.42. The number of thiophene rings is 1. The second-order valence-corrected chi connectivity index (χ2v) is 11.7. The number of H-pyrrole nitrogens is 1. The lowest BCUT2D eigenvalue weighted by Crippen LogP contribution is -2.51. The number of nitrogens with zero attached hydrogens (tertiary/aromatic N) is 3. The smallest absolute Gasteiger partial charge is 0.158 e. The molecule has 0 radical (unpaired) electrons. The minimum atomic E-state index is 0.0758. The molecule has 4 aromatic rings. The summed E-state index contributed by atoms with van der Waals surface area (Å²) in [5.74, 6) is 1.06. The van der Waals surface area contributed by atoms with E-state index in [4.69, 9.17) is 4.74 Å². The third kappa shape index (κ3) is 3.35. The van der Waals surface area contributed by atoms with E-state index in [0.29, 0.717) is 11.8 Å². The molecule has 2 aliphatic rings. The van der Waals surface area contributed by atoms with E-state index in [1.807, 2.05) is 15.9 Å². The maximum Gasteiger partial charge on any atom is 0.158 e. The largest absolute Gasteiger partial charge is 0.372 e. The molecule has 1 spiro atoms. The maximum atomic E-state index is 6.25. The number of aromatic nitrogens is 4. The van der Waals surface area contributed by atoms with Gasteiger partial charge in [0.15, 0.2) is 5.65 Å². The summed E-state index contributed by atoms with van der Waals surface area (Å²) < 4.78 is 8.16. The minimum absolute atomic E-state index is 0.0758. The maximum absolute atomic E-state index is 6.25. The van der Waals surface area contributed by atoms with Gasteiger partial charge in [0.25, 0.3) is 0 Å². The lowest BCUT2D eigenvalue weighted by molar-refractivity contribution is -0.0900. The van der Waals surface area contributed by atoms with Gasteiger partial charge in [-0.15, -0.1) is 11.3 Å². The number of nitrogens with one attached hydrogen (secondary N) is 2. The van der Waals surface area contributed by atoms with Crippen LogP contribution >= 0.6 is 11.3 Å². The normalized spacial score (nSPS) is 23.6. The van der Waals surface area contributed by atoms with Crippen LogP contribution in [0.25, 0.3) is 27.1 Å². The summed E-state index contributed by atoms with van der Waals surface area (Å²) in [6.45, 7) is 14.2. The zero-order valence-electron chi connectivity index (χ0n) is 20.9. The van der Waals surface area contributed by atoms with Gasteiger partial charge in [-0.3, -0.25) is 0 Å². The fourth-order valence-corrected chi connectivity index (χ4v) is 7.71. The fraction of sp³-hybridized carbons (Fsp3) is 0.556. The molecular formula is C27H35N5OS. The Morgan fingerprint density at radius 3 is 2.65 bits per heavy atom. The van der Waals surface area contributed by atoms with Gasteiger partial charge in [-0.05, 0) is 80.5 Å². The molecule has 7 heteroatoms.